The van der Waals surface area contributed by atoms with Gasteiger partial charge in [0.05, 0.1) is 27.7 Å². The minimum absolute atomic E-state index is 0.319. The molecule has 0 spiro atoms. The summed E-state index contributed by atoms with van der Waals surface area (Å²) in [6.45, 7) is 0.319. The van der Waals surface area contributed by atoms with Crippen LogP contribution in [0, 0.1) is 11.3 Å². The largest absolute Gasteiger partial charge is 0.493 e. The molecular formula is C17H12BrCl2NO2. The fourth-order valence-corrected chi connectivity index (χ4v) is 2.79. The van der Waals surface area contributed by atoms with Gasteiger partial charge in [-0.25, -0.2) is 0 Å². The van der Waals surface area contributed by atoms with Crippen molar-refractivity contribution in [3.05, 3.63) is 62.1 Å². The number of rotatable bonds is 5. The van der Waals surface area contributed by atoms with Crippen LogP contribution in [0.5, 0.6) is 11.5 Å². The fourth-order valence-electron chi connectivity index (χ4n) is 1.89. The Kier molecular flexibility index (Phi) is 6.35. The maximum Gasteiger partial charge on any atom is 0.175 e. The molecule has 0 atom stereocenters. The second-order valence-corrected chi connectivity index (χ2v) is 6.20. The molecule has 2 rings (SSSR count). The van der Waals surface area contributed by atoms with Crippen LogP contribution in [0.25, 0.3) is 6.08 Å². The van der Waals surface area contributed by atoms with E-state index in [2.05, 4.69) is 15.9 Å². The minimum atomic E-state index is 0.319. The molecule has 0 aliphatic heterocycles. The van der Waals surface area contributed by atoms with Crippen molar-refractivity contribution < 1.29 is 9.47 Å². The van der Waals surface area contributed by atoms with E-state index in [9.17, 15) is 0 Å². The monoisotopic (exact) mass is 411 g/mol. The molecule has 2 aromatic rings. The van der Waals surface area contributed by atoms with Crippen molar-refractivity contribution in [1.82, 2.24) is 0 Å². The Bertz CT molecular complexity index is 785. The quantitative estimate of drug-likeness (QED) is 0.575. The Morgan fingerprint density at radius 3 is 2.65 bits per heavy atom. The van der Waals surface area contributed by atoms with E-state index >= 15 is 0 Å². The van der Waals surface area contributed by atoms with Crippen LogP contribution in [0.1, 0.15) is 11.1 Å². The first-order valence-corrected chi connectivity index (χ1v) is 8.10. The number of benzene rings is 2. The van der Waals surface area contributed by atoms with Gasteiger partial charge in [-0.05, 0) is 57.4 Å². The van der Waals surface area contributed by atoms with Crippen LogP contribution in [-0.2, 0) is 6.61 Å². The van der Waals surface area contributed by atoms with Gasteiger partial charge in [0.15, 0.2) is 11.5 Å². The molecule has 0 N–H and O–H groups in total. The smallest absolute Gasteiger partial charge is 0.175 e. The molecule has 0 aliphatic carbocycles. The number of allylic oxidation sites excluding steroid dienone is 1. The zero-order chi connectivity index (χ0) is 16.8. The molecule has 2 aromatic carbocycles. The molecule has 23 heavy (non-hydrogen) atoms. The lowest BCUT2D eigenvalue weighted by Crippen LogP contribution is -1.99. The zero-order valence-corrected chi connectivity index (χ0v) is 15.2. The number of nitrogens with zero attached hydrogens (tertiary/aromatic N) is 1. The molecule has 6 heteroatoms. The molecule has 0 aliphatic rings. The van der Waals surface area contributed by atoms with Gasteiger partial charge in [0.2, 0.25) is 0 Å². The summed E-state index contributed by atoms with van der Waals surface area (Å²) in [6.07, 6.45) is 3.09. The van der Waals surface area contributed by atoms with E-state index < -0.39 is 0 Å². The highest BCUT2D eigenvalue weighted by Gasteiger charge is 2.11. The lowest BCUT2D eigenvalue weighted by atomic mass is 10.2. The molecule has 0 fully saturated rings. The molecule has 0 bridgehead atoms. The predicted molar refractivity (Wildman–Crippen MR) is 96.1 cm³/mol. The van der Waals surface area contributed by atoms with Crippen molar-refractivity contribution in [3.8, 4) is 17.6 Å². The highest BCUT2D eigenvalue weighted by atomic mass is 79.9. The van der Waals surface area contributed by atoms with Crippen molar-refractivity contribution in [2.75, 3.05) is 7.11 Å². The molecule has 0 saturated carbocycles. The summed E-state index contributed by atoms with van der Waals surface area (Å²) >= 11 is 15.4. The lowest BCUT2D eigenvalue weighted by molar-refractivity contribution is 0.282. The number of hydrogen-bond donors (Lipinski definition) is 0. The summed E-state index contributed by atoms with van der Waals surface area (Å²) in [7, 11) is 1.56. The first kappa shape index (κ1) is 17.7. The van der Waals surface area contributed by atoms with E-state index in [4.69, 9.17) is 37.9 Å². The molecular weight excluding hydrogens is 401 g/mol. The molecule has 0 unspecified atom stereocenters. The number of methoxy groups -OCH3 is 1. The van der Waals surface area contributed by atoms with Crippen LogP contribution < -0.4 is 9.47 Å². The Balaban J connectivity index is 2.23. The van der Waals surface area contributed by atoms with Crippen LogP contribution in [-0.4, -0.2) is 7.11 Å². The highest BCUT2D eigenvalue weighted by molar-refractivity contribution is 9.10. The molecule has 0 radical (unpaired) electrons. The summed E-state index contributed by atoms with van der Waals surface area (Å²) in [6, 6.07) is 10.9. The molecule has 0 amide bonds. The van der Waals surface area contributed by atoms with Gasteiger partial charge < -0.3 is 9.47 Å². The SMILES string of the molecule is COc1cc(/C=C/C#N)cc(Br)c1OCc1ccc(Cl)c(Cl)c1. The first-order chi connectivity index (χ1) is 11.0. The van der Waals surface area contributed by atoms with Gasteiger partial charge in [0.25, 0.3) is 0 Å². The summed E-state index contributed by atoms with van der Waals surface area (Å²) in [4.78, 5) is 0. The summed E-state index contributed by atoms with van der Waals surface area (Å²) in [5.41, 5.74) is 1.72. The third-order valence-corrected chi connectivity index (χ3v) is 4.30. The molecule has 0 saturated heterocycles. The van der Waals surface area contributed by atoms with Crippen LogP contribution in [0.3, 0.4) is 0 Å². The number of halogens is 3. The van der Waals surface area contributed by atoms with Gasteiger partial charge in [0.1, 0.15) is 6.61 Å². The van der Waals surface area contributed by atoms with E-state index in [1.807, 2.05) is 18.2 Å². The highest BCUT2D eigenvalue weighted by Crippen LogP contribution is 2.37. The van der Waals surface area contributed by atoms with Gasteiger partial charge in [-0.15, -0.1) is 0 Å². The van der Waals surface area contributed by atoms with E-state index in [1.165, 1.54) is 6.08 Å². The van der Waals surface area contributed by atoms with Crippen molar-refractivity contribution >= 4 is 45.2 Å². The maximum atomic E-state index is 8.61. The third-order valence-electron chi connectivity index (χ3n) is 2.97. The van der Waals surface area contributed by atoms with Gasteiger partial charge in [-0.1, -0.05) is 29.3 Å². The second kappa shape index (κ2) is 8.26. The molecule has 3 nitrogen and oxygen atoms in total. The van der Waals surface area contributed by atoms with E-state index in [0.717, 1.165) is 15.6 Å². The molecule has 0 heterocycles. The predicted octanol–water partition coefficient (Wildman–Crippen LogP) is 5.88. The van der Waals surface area contributed by atoms with Crippen molar-refractivity contribution in [3.63, 3.8) is 0 Å². The number of nitriles is 1. The second-order valence-electron chi connectivity index (χ2n) is 4.53. The van der Waals surface area contributed by atoms with Gasteiger partial charge >= 0.3 is 0 Å². The Morgan fingerprint density at radius 1 is 1.22 bits per heavy atom. The van der Waals surface area contributed by atoms with Gasteiger partial charge in [0, 0.05) is 6.08 Å². The Hall–Kier alpha value is -1.67. The van der Waals surface area contributed by atoms with Gasteiger partial charge in [-0.2, -0.15) is 5.26 Å². The van der Waals surface area contributed by atoms with E-state index in [-0.39, 0.29) is 0 Å². The van der Waals surface area contributed by atoms with Crippen LogP contribution >= 0.6 is 39.1 Å². The molecule has 0 aromatic heterocycles. The Morgan fingerprint density at radius 2 is 2.00 bits per heavy atom. The lowest BCUT2D eigenvalue weighted by Gasteiger charge is -2.14. The topological polar surface area (TPSA) is 42.2 Å². The fraction of sp³-hybridized carbons (Fsp3) is 0.118. The van der Waals surface area contributed by atoms with Crippen LogP contribution in [0.4, 0.5) is 0 Å². The number of ether oxygens (including phenoxy) is 2. The standard InChI is InChI=1S/C17H12BrCl2NO2/c1-22-16-9-11(3-2-6-21)7-13(18)17(16)23-10-12-4-5-14(19)15(20)8-12/h2-5,7-9H,10H2,1H3/b3-2+. The maximum absolute atomic E-state index is 8.61. The molecule has 118 valence electrons. The average molecular weight is 413 g/mol. The van der Waals surface area contributed by atoms with E-state index in [0.29, 0.717) is 28.2 Å². The summed E-state index contributed by atoms with van der Waals surface area (Å²) < 4.78 is 11.9. The van der Waals surface area contributed by atoms with Crippen molar-refractivity contribution in [2.24, 2.45) is 0 Å². The average Bonchev–Trinajstić information content (AvgIpc) is 2.54. The summed E-state index contributed by atoms with van der Waals surface area (Å²) in [5.74, 6) is 1.14. The normalized spacial score (nSPS) is 10.6. The third kappa shape index (κ3) is 4.65. The zero-order valence-electron chi connectivity index (χ0n) is 12.1. The van der Waals surface area contributed by atoms with Crippen molar-refractivity contribution in [1.29, 1.82) is 5.26 Å². The van der Waals surface area contributed by atoms with Crippen molar-refractivity contribution in [2.45, 2.75) is 6.61 Å². The Labute approximate surface area is 153 Å². The van der Waals surface area contributed by atoms with Gasteiger partial charge in [-0.3, -0.25) is 0 Å². The summed E-state index contributed by atoms with van der Waals surface area (Å²) in [5, 5.41) is 9.59. The number of hydrogen-bond acceptors (Lipinski definition) is 3. The van der Waals surface area contributed by atoms with Crippen LogP contribution in [0.15, 0.2) is 40.9 Å². The van der Waals surface area contributed by atoms with E-state index in [1.54, 1.807) is 31.4 Å². The first-order valence-electron chi connectivity index (χ1n) is 6.55. The van der Waals surface area contributed by atoms with Crippen LogP contribution in [0.2, 0.25) is 10.0 Å². The minimum Gasteiger partial charge on any atom is -0.493 e.